The monoisotopic (exact) mass is 520 g/mol. The van der Waals surface area contributed by atoms with E-state index in [1.807, 2.05) is 24.3 Å². The van der Waals surface area contributed by atoms with Crippen molar-refractivity contribution in [3.05, 3.63) is 48.7 Å². The molecule has 5 aliphatic rings. The maximum Gasteiger partial charge on any atom is 0.482 e. The third-order valence-corrected chi connectivity index (χ3v) is 9.84. The van der Waals surface area contributed by atoms with E-state index >= 15 is 0 Å². The Bertz CT molecular complexity index is 1240. The number of carbonyl (C=O) groups excluding carboxylic acids is 2. The lowest BCUT2D eigenvalue weighted by atomic mass is 9.43. The van der Waals surface area contributed by atoms with Crippen LogP contribution in [0.4, 0.5) is 4.79 Å². The molecule has 1 N–H and O–H groups in total. The van der Waals surface area contributed by atoms with E-state index in [9.17, 15) is 9.59 Å². The number of ether oxygens (including phenoxy) is 1. The van der Waals surface area contributed by atoms with Gasteiger partial charge in [-0.15, -0.1) is 0 Å². The maximum atomic E-state index is 13.1. The molecule has 1 unspecified atom stereocenters. The number of nitrogens with one attached hydrogen (secondary N) is 1. The molecule has 2 aromatic rings. The van der Waals surface area contributed by atoms with Crippen LogP contribution in [0.15, 0.2) is 47.6 Å². The Morgan fingerprint density at radius 3 is 2.89 bits per heavy atom. The third-order valence-electron chi connectivity index (χ3n) is 9.84. The minimum Gasteiger partial charge on any atom is -0.464 e. The van der Waals surface area contributed by atoms with Crippen molar-refractivity contribution >= 4 is 30.1 Å². The van der Waals surface area contributed by atoms with E-state index in [1.54, 1.807) is 11.2 Å². The molecule has 0 radical (unpaired) electrons. The van der Waals surface area contributed by atoms with Crippen molar-refractivity contribution in [2.24, 2.45) is 17.3 Å². The molecule has 1 aromatic heterocycles. The van der Waals surface area contributed by atoms with Gasteiger partial charge in [-0.2, -0.15) is 0 Å². The molecule has 6 atom stereocenters. The number of carbonyl (C=O) groups is 2. The summed E-state index contributed by atoms with van der Waals surface area (Å²) in [4.78, 5) is 26.9. The first-order valence-corrected chi connectivity index (χ1v) is 13.9. The van der Waals surface area contributed by atoms with Crippen LogP contribution in [0.5, 0.6) is 0 Å². The molecule has 2 bridgehead atoms. The fourth-order valence-electron chi connectivity index (χ4n) is 7.50. The van der Waals surface area contributed by atoms with Gasteiger partial charge in [0.05, 0.1) is 30.0 Å². The Balaban J connectivity index is 1.19. The number of fused-ring (bicyclic) bond motifs is 1. The average Bonchev–Trinajstić information content (AvgIpc) is 3.62. The van der Waals surface area contributed by atoms with Crippen LogP contribution in [0.3, 0.4) is 0 Å². The average molecular weight is 520 g/mol. The zero-order valence-electron chi connectivity index (χ0n) is 22.5. The van der Waals surface area contributed by atoms with E-state index in [0.717, 1.165) is 42.2 Å². The summed E-state index contributed by atoms with van der Waals surface area (Å²) in [7, 11) is -0.605. The largest absolute Gasteiger partial charge is 0.482 e. The molecule has 9 heteroatoms. The molecule has 2 saturated heterocycles. The van der Waals surface area contributed by atoms with Crippen LogP contribution in [0.1, 0.15) is 52.0 Å². The number of hydrogen-bond donors (Lipinski definition) is 1. The highest BCUT2D eigenvalue weighted by molar-refractivity contribution is 6.48. The number of likely N-dealkylation sites (tertiary alicyclic amines) is 1. The van der Waals surface area contributed by atoms with Crippen LogP contribution < -0.4 is 5.32 Å². The number of alkyl carbamates (subject to hydrolysis) is 1. The molecule has 202 valence electrons. The second kappa shape index (κ2) is 9.45. The van der Waals surface area contributed by atoms with Crippen LogP contribution >= 0.6 is 0 Å². The van der Waals surface area contributed by atoms with Gasteiger partial charge in [-0.05, 0) is 74.0 Å². The van der Waals surface area contributed by atoms with E-state index in [-0.39, 0.29) is 35.7 Å². The topological polar surface area (TPSA) is 90.2 Å². The smallest absolute Gasteiger partial charge is 0.464 e. The van der Waals surface area contributed by atoms with E-state index in [0.29, 0.717) is 24.8 Å². The molecule has 3 aliphatic carbocycles. The molecular weight excluding hydrogens is 483 g/mol. The second-order valence-corrected chi connectivity index (χ2v) is 12.2. The SMILES string of the molecule is C=CC(=O)N1CCC[C@@H]1COC(=O)N[C@@H](Cc1coc2ccccc12)B1OC2C[C@@H]3C[C@@H](C3(C)C)[C@]2(C)O1. The second-order valence-electron chi connectivity index (χ2n) is 12.2. The van der Waals surface area contributed by atoms with E-state index < -0.39 is 19.2 Å². The Labute approximate surface area is 224 Å². The van der Waals surface area contributed by atoms with Gasteiger partial charge >= 0.3 is 13.2 Å². The van der Waals surface area contributed by atoms with Crippen LogP contribution in [0.25, 0.3) is 11.0 Å². The summed E-state index contributed by atoms with van der Waals surface area (Å²) in [5.74, 6) is 0.448. The van der Waals surface area contributed by atoms with Gasteiger partial charge in [0.25, 0.3) is 0 Å². The highest BCUT2D eigenvalue weighted by Crippen LogP contribution is 2.65. The van der Waals surface area contributed by atoms with Crippen molar-refractivity contribution in [3.8, 4) is 0 Å². The zero-order valence-corrected chi connectivity index (χ0v) is 22.5. The Hall–Kier alpha value is -2.78. The highest BCUT2D eigenvalue weighted by atomic mass is 16.7. The molecule has 2 aliphatic heterocycles. The molecule has 8 nitrogen and oxygen atoms in total. The van der Waals surface area contributed by atoms with Crippen molar-refractivity contribution in [2.45, 2.75) is 76.6 Å². The first-order chi connectivity index (χ1) is 18.2. The summed E-state index contributed by atoms with van der Waals surface area (Å²) in [5, 5.41) is 4.05. The lowest BCUT2D eigenvalue weighted by Gasteiger charge is -2.64. The molecule has 38 heavy (non-hydrogen) atoms. The molecule has 3 saturated carbocycles. The molecule has 0 spiro atoms. The number of nitrogens with zero attached hydrogens (tertiary/aromatic N) is 1. The Morgan fingerprint density at radius 1 is 1.29 bits per heavy atom. The molecule has 7 rings (SSSR count). The summed E-state index contributed by atoms with van der Waals surface area (Å²) in [5.41, 5.74) is 1.61. The number of furan rings is 1. The zero-order chi connectivity index (χ0) is 26.7. The van der Waals surface area contributed by atoms with Gasteiger partial charge in [-0.1, -0.05) is 38.6 Å². The standard InChI is InChI=1S/C29H37BN2O6/c1-5-26(33)32-12-8-9-20(32)17-36-27(34)31-25(13-18-16-35-22-11-7-6-10-21(18)22)30-37-24-15-19-14-23(28(19,2)3)29(24,4)38-30/h5-7,10-11,16,19-20,23-25H,1,8-9,12-15,17H2,2-4H3,(H,31,34)/t19-,20+,23-,24?,25-,29-/m0/s1. The fraction of sp³-hybridized carbons (Fsp3) is 0.586. The van der Waals surface area contributed by atoms with E-state index in [1.165, 1.54) is 6.08 Å². The summed E-state index contributed by atoms with van der Waals surface area (Å²) in [6.07, 6.45) is 6.79. The first kappa shape index (κ1) is 25.5. The van der Waals surface area contributed by atoms with Crippen molar-refractivity contribution in [2.75, 3.05) is 13.2 Å². The molecule has 3 heterocycles. The predicted octanol–water partition coefficient (Wildman–Crippen LogP) is 4.51. The number of para-hydroxylation sites is 1. The third kappa shape index (κ3) is 4.15. The lowest BCUT2D eigenvalue weighted by molar-refractivity contribution is -0.199. The molecule has 1 aromatic carbocycles. The van der Waals surface area contributed by atoms with Crippen molar-refractivity contribution in [1.29, 1.82) is 0 Å². The summed E-state index contributed by atoms with van der Waals surface area (Å²) in [6.45, 7) is 11.2. The highest BCUT2D eigenvalue weighted by Gasteiger charge is 2.68. The van der Waals surface area contributed by atoms with Gasteiger partial charge in [-0.25, -0.2) is 4.79 Å². The fourth-order valence-corrected chi connectivity index (χ4v) is 7.50. The van der Waals surface area contributed by atoms with Crippen molar-refractivity contribution in [3.63, 3.8) is 0 Å². The first-order valence-electron chi connectivity index (χ1n) is 13.9. The summed E-state index contributed by atoms with van der Waals surface area (Å²) >= 11 is 0. The van der Waals surface area contributed by atoms with Crippen LogP contribution in [0.2, 0.25) is 0 Å². The van der Waals surface area contributed by atoms with Crippen molar-refractivity contribution < 1.29 is 28.1 Å². The molecular formula is C29H37BN2O6. The normalized spacial score (nSPS) is 32.0. The molecule has 5 fully saturated rings. The lowest BCUT2D eigenvalue weighted by Crippen LogP contribution is -2.65. The van der Waals surface area contributed by atoms with Crippen LogP contribution in [0, 0.1) is 17.3 Å². The summed E-state index contributed by atoms with van der Waals surface area (Å²) in [6, 6.07) is 7.72. The van der Waals surface area contributed by atoms with E-state index in [4.69, 9.17) is 18.5 Å². The number of amides is 2. The van der Waals surface area contributed by atoms with Gasteiger partial charge in [-0.3, -0.25) is 4.79 Å². The predicted molar refractivity (Wildman–Crippen MR) is 143 cm³/mol. The minimum absolute atomic E-state index is 0.00246. The van der Waals surface area contributed by atoms with Crippen molar-refractivity contribution in [1.82, 2.24) is 10.2 Å². The summed E-state index contributed by atoms with van der Waals surface area (Å²) < 4.78 is 24.7. The molecule has 2 amide bonds. The van der Waals surface area contributed by atoms with Gasteiger partial charge in [0, 0.05) is 11.9 Å². The minimum atomic E-state index is -0.605. The Morgan fingerprint density at radius 2 is 2.11 bits per heavy atom. The van der Waals surface area contributed by atoms with E-state index in [2.05, 4.69) is 32.7 Å². The van der Waals surface area contributed by atoms with Crippen LogP contribution in [-0.2, 0) is 25.3 Å². The van der Waals surface area contributed by atoms with Gasteiger partial charge in [0.2, 0.25) is 5.91 Å². The number of hydrogen-bond acceptors (Lipinski definition) is 6. The maximum absolute atomic E-state index is 13.1. The number of rotatable bonds is 7. The van der Waals surface area contributed by atoms with Gasteiger partial charge in [0.1, 0.15) is 12.2 Å². The van der Waals surface area contributed by atoms with Gasteiger partial charge < -0.3 is 28.7 Å². The van der Waals surface area contributed by atoms with Crippen LogP contribution in [-0.4, -0.2) is 60.9 Å². The quantitative estimate of drug-likeness (QED) is 0.427. The number of benzene rings is 1. The van der Waals surface area contributed by atoms with Gasteiger partial charge in [0.15, 0.2) is 0 Å². The Kier molecular flexibility index (Phi) is 6.34.